The Morgan fingerprint density at radius 3 is 2.62 bits per heavy atom. The van der Waals surface area contributed by atoms with E-state index in [-0.39, 0.29) is 0 Å². The second-order valence-corrected chi connectivity index (χ2v) is 4.45. The topological polar surface area (TPSA) is 18.5 Å². The third kappa shape index (κ3) is 3.81. The summed E-state index contributed by atoms with van der Waals surface area (Å²) in [5.74, 6) is 3.69. The van der Waals surface area contributed by atoms with Gasteiger partial charge in [0.15, 0.2) is 11.5 Å². The van der Waals surface area contributed by atoms with E-state index in [1.807, 2.05) is 30.0 Å². The summed E-state index contributed by atoms with van der Waals surface area (Å²) in [6.07, 6.45) is 2.97. The second-order valence-electron chi connectivity index (χ2n) is 3.30. The van der Waals surface area contributed by atoms with Gasteiger partial charge in [0.25, 0.3) is 0 Å². The van der Waals surface area contributed by atoms with Crippen LogP contribution in [0.25, 0.3) is 0 Å². The minimum atomic E-state index is 0.782. The average Bonchev–Trinajstić information content (AvgIpc) is 2.34. The SMILES string of the molecule is C=CCSCCc1ccc(OC)c(OC)c1. The summed E-state index contributed by atoms with van der Waals surface area (Å²) >= 11 is 1.88. The smallest absolute Gasteiger partial charge is 0.160 e. The Bertz CT molecular complexity index is 337. The molecule has 0 unspecified atom stereocenters. The highest BCUT2D eigenvalue weighted by molar-refractivity contribution is 7.99. The Balaban J connectivity index is 2.57. The molecule has 0 aliphatic rings. The maximum atomic E-state index is 5.26. The molecule has 0 aliphatic carbocycles. The van der Waals surface area contributed by atoms with E-state index in [0.717, 1.165) is 29.4 Å². The summed E-state index contributed by atoms with van der Waals surface area (Å²) in [5.41, 5.74) is 1.27. The Labute approximate surface area is 102 Å². The zero-order valence-electron chi connectivity index (χ0n) is 9.86. The van der Waals surface area contributed by atoms with E-state index in [4.69, 9.17) is 9.47 Å². The fourth-order valence-corrected chi connectivity index (χ4v) is 2.11. The molecule has 0 saturated carbocycles. The van der Waals surface area contributed by atoms with Crippen LogP contribution in [0.3, 0.4) is 0 Å². The molecule has 0 aromatic heterocycles. The van der Waals surface area contributed by atoms with Crippen molar-refractivity contribution in [2.24, 2.45) is 0 Å². The third-order valence-electron chi connectivity index (χ3n) is 2.22. The Morgan fingerprint density at radius 1 is 1.25 bits per heavy atom. The predicted molar refractivity (Wildman–Crippen MR) is 70.8 cm³/mol. The predicted octanol–water partition coefficient (Wildman–Crippen LogP) is 3.17. The van der Waals surface area contributed by atoms with E-state index in [9.17, 15) is 0 Å². The van der Waals surface area contributed by atoms with Gasteiger partial charge in [-0.1, -0.05) is 12.1 Å². The molecule has 0 heterocycles. The average molecular weight is 238 g/mol. The van der Waals surface area contributed by atoms with Crippen molar-refractivity contribution in [3.8, 4) is 11.5 Å². The molecular weight excluding hydrogens is 220 g/mol. The standard InChI is InChI=1S/C13H18O2S/c1-4-8-16-9-7-11-5-6-12(14-2)13(10-11)15-3/h4-6,10H,1,7-9H2,2-3H3. The highest BCUT2D eigenvalue weighted by Crippen LogP contribution is 2.27. The number of rotatable bonds is 7. The minimum Gasteiger partial charge on any atom is -0.493 e. The first-order chi connectivity index (χ1) is 7.81. The van der Waals surface area contributed by atoms with Crippen LogP contribution < -0.4 is 9.47 Å². The minimum absolute atomic E-state index is 0.782. The van der Waals surface area contributed by atoms with Crippen molar-refractivity contribution >= 4 is 11.8 Å². The van der Waals surface area contributed by atoms with Crippen molar-refractivity contribution in [2.45, 2.75) is 6.42 Å². The Kier molecular flexibility index (Phi) is 5.86. The van der Waals surface area contributed by atoms with Gasteiger partial charge in [-0.15, -0.1) is 6.58 Å². The zero-order valence-corrected chi connectivity index (χ0v) is 10.7. The number of benzene rings is 1. The summed E-state index contributed by atoms with van der Waals surface area (Å²) in [6.45, 7) is 3.70. The molecule has 0 spiro atoms. The Hall–Kier alpha value is -1.09. The maximum Gasteiger partial charge on any atom is 0.160 e. The van der Waals surface area contributed by atoms with Crippen LogP contribution in [-0.4, -0.2) is 25.7 Å². The molecule has 0 bridgehead atoms. The fourth-order valence-electron chi connectivity index (χ4n) is 1.39. The van der Waals surface area contributed by atoms with Gasteiger partial charge in [0.1, 0.15) is 0 Å². The van der Waals surface area contributed by atoms with Crippen LogP contribution in [-0.2, 0) is 6.42 Å². The lowest BCUT2D eigenvalue weighted by atomic mass is 10.1. The molecule has 1 aromatic carbocycles. The van der Waals surface area contributed by atoms with Gasteiger partial charge in [0.2, 0.25) is 0 Å². The lowest BCUT2D eigenvalue weighted by molar-refractivity contribution is 0.354. The van der Waals surface area contributed by atoms with Crippen LogP contribution >= 0.6 is 11.8 Å². The van der Waals surface area contributed by atoms with Crippen molar-refractivity contribution in [3.05, 3.63) is 36.4 Å². The van der Waals surface area contributed by atoms with Crippen molar-refractivity contribution < 1.29 is 9.47 Å². The van der Waals surface area contributed by atoms with Crippen LogP contribution in [0.2, 0.25) is 0 Å². The fraction of sp³-hybridized carbons (Fsp3) is 0.385. The van der Waals surface area contributed by atoms with Gasteiger partial charge in [0, 0.05) is 5.75 Å². The van der Waals surface area contributed by atoms with Crippen LogP contribution in [0, 0.1) is 0 Å². The summed E-state index contributed by atoms with van der Waals surface area (Å²) in [4.78, 5) is 0. The molecular formula is C13H18O2S. The van der Waals surface area contributed by atoms with Gasteiger partial charge in [-0.05, 0) is 29.9 Å². The molecule has 16 heavy (non-hydrogen) atoms. The van der Waals surface area contributed by atoms with Crippen LogP contribution in [0.1, 0.15) is 5.56 Å². The van der Waals surface area contributed by atoms with Gasteiger partial charge >= 0.3 is 0 Å². The molecule has 0 atom stereocenters. The van der Waals surface area contributed by atoms with E-state index >= 15 is 0 Å². The quantitative estimate of drug-likeness (QED) is 0.537. The maximum absolute atomic E-state index is 5.26. The van der Waals surface area contributed by atoms with Crippen LogP contribution in [0.15, 0.2) is 30.9 Å². The molecule has 3 heteroatoms. The normalized spacial score (nSPS) is 9.88. The van der Waals surface area contributed by atoms with Crippen molar-refractivity contribution in [1.29, 1.82) is 0 Å². The number of hydrogen-bond donors (Lipinski definition) is 0. The van der Waals surface area contributed by atoms with Gasteiger partial charge in [-0.2, -0.15) is 11.8 Å². The number of methoxy groups -OCH3 is 2. The largest absolute Gasteiger partial charge is 0.493 e. The van der Waals surface area contributed by atoms with E-state index in [0.29, 0.717) is 0 Å². The van der Waals surface area contributed by atoms with Gasteiger partial charge < -0.3 is 9.47 Å². The summed E-state index contributed by atoms with van der Waals surface area (Å²) in [6, 6.07) is 6.06. The van der Waals surface area contributed by atoms with E-state index in [1.165, 1.54) is 5.56 Å². The van der Waals surface area contributed by atoms with Gasteiger partial charge in [0.05, 0.1) is 14.2 Å². The number of thioether (sulfide) groups is 1. The van der Waals surface area contributed by atoms with Gasteiger partial charge in [-0.3, -0.25) is 0 Å². The summed E-state index contributed by atoms with van der Waals surface area (Å²) in [5, 5.41) is 0. The second kappa shape index (κ2) is 7.23. The number of ether oxygens (including phenoxy) is 2. The first-order valence-electron chi connectivity index (χ1n) is 5.21. The molecule has 0 N–H and O–H groups in total. The highest BCUT2D eigenvalue weighted by Gasteiger charge is 2.03. The van der Waals surface area contributed by atoms with Crippen molar-refractivity contribution in [2.75, 3.05) is 25.7 Å². The van der Waals surface area contributed by atoms with E-state index in [1.54, 1.807) is 14.2 Å². The van der Waals surface area contributed by atoms with E-state index < -0.39 is 0 Å². The highest BCUT2D eigenvalue weighted by atomic mass is 32.2. The molecule has 0 amide bonds. The van der Waals surface area contributed by atoms with Crippen molar-refractivity contribution in [1.82, 2.24) is 0 Å². The van der Waals surface area contributed by atoms with Crippen LogP contribution in [0.5, 0.6) is 11.5 Å². The monoisotopic (exact) mass is 238 g/mol. The molecule has 1 aromatic rings. The van der Waals surface area contributed by atoms with Crippen LogP contribution in [0.4, 0.5) is 0 Å². The lowest BCUT2D eigenvalue weighted by Crippen LogP contribution is -1.94. The van der Waals surface area contributed by atoms with E-state index in [2.05, 4.69) is 12.6 Å². The molecule has 0 saturated heterocycles. The van der Waals surface area contributed by atoms with Crippen molar-refractivity contribution in [3.63, 3.8) is 0 Å². The first kappa shape index (κ1) is 13.0. The summed E-state index contributed by atoms with van der Waals surface area (Å²) in [7, 11) is 3.31. The molecule has 0 aliphatic heterocycles. The first-order valence-corrected chi connectivity index (χ1v) is 6.36. The number of aryl methyl sites for hydroxylation is 1. The molecule has 1 rings (SSSR count). The molecule has 2 nitrogen and oxygen atoms in total. The molecule has 88 valence electrons. The summed E-state index contributed by atoms with van der Waals surface area (Å²) < 4.78 is 10.4. The molecule has 0 radical (unpaired) electrons. The van der Waals surface area contributed by atoms with Gasteiger partial charge in [-0.25, -0.2) is 0 Å². The third-order valence-corrected chi connectivity index (χ3v) is 3.18. The molecule has 0 fully saturated rings. The Morgan fingerprint density at radius 2 is 2.00 bits per heavy atom. The zero-order chi connectivity index (χ0) is 11.8. The lowest BCUT2D eigenvalue weighted by Gasteiger charge is -2.09. The number of hydrogen-bond acceptors (Lipinski definition) is 3.